The van der Waals surface area contributed by atoms with Gasteiger partial charge in [-0.25, -0.2) is 9.18 Å². The van der Waals surface area contributed by atoms with Crippen molar-refractivity contribution in [1.29, 1.82) is 0 Å². The Morgan fingerprint density at radius 3 is 2.80 bits per heavy atom. The van der Waals surface area contributed by atoms with Crippen LogP contribution in [0.4, 0.5) is 4.39 Å². The largest absolute Gasteiger partial charge is 0.493 e. The van der Waals surface area contributed by atoms with Crippen LogP contribution in [0.15, 0.2) is 48.5 Å². The predicted octanol–water partition coefficient (Wildman–Crippen LogP) is 7.83. The lowest BCUT2D eigenvalue weighted by Crippen LogP contribution is -2.22. The highest BCUT2D eigenvalue weighted by Gasteiger charge is 2.26. The zero-order valence-electron chi connectivity index (χ0n) is 24.8. The molecule has 0 spiro atoms. The van der Waals surface area contributed by atoms with Crippen LogP contribution in [-0.4, -0.2) is 45.3 Å². The summed E-state index contributed by atoms with van der Waals surface area (Å²) < 4.78 is 33.5. The van der Waals surface area contributed by atoms with Gasteiger partial charge in [0.1, 0.15) is 17.3 Å². The smallest absolute Gasteiger partial charge is 0.352 e. The first-order valence-corrected chi connectivity index (χ1v) is 15.4. The van der Waals surface area contributed by atoms with Crippen LogP contribution in [0.1, 0.15) is 60.0 Å². The van der Waals surface area contributed by atoms with Crippen molar-refractivity contribution in [2.24, 2.45) is 7.05 Å². The Morgan fingerprint density at radius 1 is 1.18 bits per heavy atom. The molecule has 10 heteroatoms. The van der Waals surface area contributed by atoms with Crippen molar-refractivity contribution in [3.8, 4) is 16.9 Å². The number of carboxylic acids is 1. The first kappa shape index (κ1) is 30.1. The average Bonchev–Trinajstić information content (AvgIpc) is 3.55. The minimum atomic E-state index is -1.05. The molecule has 0 amide bonds. The molecule has 8 nitrogen and oxygen atoms in total. The highest BCUT2D eigenvalue weighted by Crippen LogP contribution is 2.41. The number of aromatic nitrogens is 3. The van der Waals surface area contributed by atoms with Crippen molar-refractivity contribution in [1.82, 2.24) is 14.8 Å². The molecule has 6 rings (SSSR count). The molecule has 0 radical (unpaired) electrons. The van der Waals surface area contributed by atoms with Gasteiger partial charge >= 0.3 is 5.97 Å². The Kier molecular flexibility index (Phi) is 8.88. The summed E-state index contributed by atoms with van der Waals surface area (Å²) in [6.45, 7) is 3.34. The Bertz CT molecular complexity index is 1830. The third kappa shape index (κ3) is 5.92. The number of nitrogens with one attached hydrogen (secondary N) is 1. The van der Waals surface area contributed by atoms with E-state index in [-0.39, 0.29) is 24.4 Å². The molecule has 0 saturated carbocycles. The third-order valence-corrected chi connectivity index (χ3v) is 8.56. The van der Waals surface area contributed by atoms with Crippen LogP contribution in [-0.2, 0) is 36.0 Å². The minimum absolute atomic E-state index is 0.125. The second kappa shape index (κ2) is 13.0. The van der Waals surface area contributed by atoms with E-state index >= 15 is 0 Å². The summed E-state index contributed by atoms with van der Waals surface area (Å²) in [6, 6.07) is 13.8. The van der Waals surface area contributed by atoms with Crippen LogP contribution in [0, 0.1) is 5.82 Å². The van der Waals surface area contributed by atoms with E-state index in [1.165, 1.54) is 12.1 Å². The SMILES string of the molecule is CCc1c(-c2c(Cl)ccc3c(CCCOc4cccc5cc(F)ccc45)c(C(=O)O)[nH]c23)c(COC2CCCCO2)nn1C. The molecular weight excluding hydrogens is 585 g/mol. The molecule has 0 aliphatic carbocycles. The van der Waals surface area contributed by atoms with Gasteiger partial charge in [-0.05, 0) is 79.8 Å². The summed E-state index contributed by atoms with van der Waals surface area (Å²) in [5.74, 6) is -0.689. The van der Waals surface area contributed by atoms with Crippen LogP contribution in [0.25, 0.3) is 32.8 Å². The Labute approximate surface area is 259 Å². The monoisotopic (exact) mass is 619 g/mol. The maximum Gasteiger partial charge on any atom is 0.352 e. The minimum Gasteiger partial charge on any atom is -0.493 e. The number of H-pyrrole nitrogens is 1. The number of benzene rings is 3. The predicted molar refractivity (Wildman–Crippen MR) is 168 cm³/mol. The van der Waals surface area contributed by atoms with E-state index in [0.717, 1.165) is 52.4 Å². The van der Waals surface area contributed by atoms with E-state index in [9.17, 15) is 14.3 Å². The third-order valence-electron chi connectivity index (χ3n) is 8.24. The fraction of sp³-hybridized carbons (Fsp3) is 0.353. The number of aromatic amines is 1. The van der Waals surface area contributed by atoms with E-state index in [2.05, 4.69) is 11.9 Å². The number of hydrogen-bond donors (Lipinski definition) is 2. The number of carbonyl (C=O) groups is 1. The number of aryl methyl sites for hydroxylation is 2. The van der Waals surface area contributed by atoms with E-state index in [4.69, 9.17) is 30.9 Å². The Morgan fingerprint density at radius 2 is 2.02 bits per heavy atom. The van der Waals surface area contributed by atoms with E-state index < -0.39 is 5.97 Å². The van der Waals surface area contributed by atoms with E-state index in [1.54, 1.807) is 6.07 Å². The Hall–Kier alpha value is -3.92. The Balaban J connectivity index is 1.31. The highest BCUT2D eigenvalue weighted by molar-refractivity contribution is 6.35. The maximum absolute atomic E-state index is 13.7. The summed E-state index contributed by atoms with van der Waals surface area (Å²) >= 11 is 6.88. The second-order valence-corrected chi connectivity index (χ2v) is 11.5. The number of ether oxygens (including phenoxy) is 3. The molecule has 0 bridgehead atoms. The van der Waals surface area contributed by atoms with Gasteiger partial charge in [0.15, 0.2) is 6.29 Å². The van der Waals surface area contributed by atoms with Crippen molar-refractivity contribution < 1.29 is 28.5 Å². The van der Waals surface area contributed by atoms with Crippen LogP contribution < -0.4 is 4.74 Å². The van der Waals surface area contributed by atoms with Gasteiger partial charge in [-0.1, -0.05) is 36.7 Å². The molecule has 1 fully saturated rings. The zero-order valence-corrected chi connectivity index (χ0v) is 25.5. The standard InChI is InChI=1S/C34H35ClFN3O5/c1-3-27-31(26(38-39(27)2)19-44-29-11-4-5-16-43-29)30-25(35)15-14-24-23(33(34(40)41)37-32(24)30)9-7-17-42-28-10-6-8-20-18-21(36)12-13-22(20)28/h6,8,10,12-15,18,29,37H,3-5,7,9,11,16-17,19H2,1-2H3,(H,40,41). The summed E-state index contributed by atoms with van der Waals surface area (Å²) in [5.41, 5.74) is 4.72. The lowest BCUT2D eigenvalue weighted by Gasteiger charge is -2.22. The molecule has 1 unspecified atom stereocenters. The molecule has 1 aliphatic rings. The molecule has 1 atom stereocenters. The average molecular weight is 620 g/mol. The normalized spacial score (nSPS) is 15.3. The molecule has 5 aromatic rings. The molecule has 44 heavy (non-hydrogen) atoms. The molecule has 3 heterocycles. The van der Waals surface area contributed by atoms with E-state index in [1.807, 2.05) is 42.1 Å². The van der Waals surface area contributed by atoms with Gasteiger partial charge in [0.05, 0.1) is 29.4 Å². The van der Waals surface area contributed by atoms with Gasteiger partial charge in [0, 0.05) is 41.2 Å². The first-order valence-electron chi connectivity index (χ1n) is 15.0. The van der Waals surface area contributed by atoms with Crippen LogP contribution in [0.2, 0.25) is 5.02 Å². The fourth-order valence-electron chi connectivity index (χ4n) is 6.19. The first-order chi connectivity index (χ1) is 21.4. The van der Waals surface area contributed by atoms with Crippen LogP contribution in [0.3, 0.4) is 0 Å². The van der Waals surface area contributed by atoms with Crippen molar-refractivity contribution in [3.63, 3.8) is 0 Å². The summed E-state index contributed by atoms with van der Waals surface area (Å²) in [6.07, 6.45) is 4.38. The molecule has 2 aromatic heterocycles. The summed E-state index contributed by atoms with van der Waals surface area (Å²) in [5, 5.41) is 17.8. The topological polar surface area (TPSA) is 98.6 Å². The van der Waals surface area contributed by atoms with Crippen LogP contribution >= 0.6 is 11.6 Å². The summed E-state index contributed by atoms with van der Waals surface area (Å²) in [4.78, 5) is 15.6. The van der Waals surface area contributed by atoms with Gasteiger partial charge in [-0.15, -0.1) is 0 Å². The molecule has 2 N–H and O–H groups in total. The number of carboxylic acid groups (broad SMARTS) is 1. The van der Waals surface area contributed by atoms with Gasteiger partial charge in [-0.3, -0.25) is 4.68 Å². The number of halogens is 2. The maximum atomic E-state index is 13.7. The molecule has 3 aromatic carbocycles. The zero-order chi connectivity index (χ0) is 30.8. The quantitative estimate of drug-likeness (QED) is 0.146. The number of aromatic carboxylic acids is 1. The lowest BCUT2D eigenvalue weighted by molar-refractivity contribution is -0.169. The molecular formula is C34H35ClFN3O5. The van der Waals surface area contributed by atoms with Gasteiger partial charge < -0.3 is 24.3 Å². The number of nitrogens with zero attached hydrogens (tertiary/aromatic N) is 2. The second-order valence-electron chi connectivity index (χ2n) is 11.1. The van der Waals surface area contributed by atoms with Gasteiger partial charge in [-0.2, -0.15) is 5.10 Å². The van der Waals surface area contributed by atoms with E-state index in [0.29, 0.717) is 59.9 Å². The van der Waals surface area contributed by atoms with Gasteiger partial charge in [0.25, 0.3) is 0 Å². The van der Waals surface area contributed by atoms with Crippen molar-refractivity contribution >= 4 is 39.2 Å². The number of fused-ring (bicyclic) bond motifs is 2. The van der Waals surface area contributed by atoms with Crippen molar-refractivity contribution in [3.05, 3.63) is 82.0 Å². The van der Waals surface area contributed by atoms with Crippen molar-refractivity contribution in [2.45, 2.75) is 58.3 Å². The van der Waals surface area contributed by atoms with Crippen LogP contribution in [0.5, 0.6) is 5.75 Å². The number of hydrogen-bond acceptors (Lipinski definition) is 5. The van der Waals surface area contributed by atoms with Gasteiger partial charge in [0.2, 0.25) is 0 Å². The van der Waals surface area contributed by atoms with Crippen molar-refractivity contribution in [2.75, 3.05) is 13.2 Å². The molecule has 230 valence electrons. The lowest BCUT2D eigenvalue weighted by atomic mass is 9.97. The summed E-state index contributed by atoms with van der Waals surface area (Å²) in [7, 11) is 1.90. The fourth-order valence-corrected chi connectivity index (χ4v) is 6.44. The molecule has 1 saturated heterocycles. The molecule has 1 aliphatic heterocycles. The highest BCUT2D eigenvalue weighted by atomic mass is 35.5. The number of rotatable bonds is 11.